The molecule has 1 unspecified atom stereocenters. The predicted molar refractivity (Wildman–Crippen MR) is 133 cm³/mol. The molecular formula is C27H34N4O. The molecule has 1 aliphatic heterocycles. The number of carbonyl (C=O) groups is 1. The molecule has 3 aromatic rings. The van der Waals surface area contributed by atoms with Gasteiger partial charge in [0.1, 0.15) is 5.82 Å². The number of benzene rings is 2. The zero-order valence-corrected chi connectivity index (χ0v) is 19.5. The van der Waals surface area contributed by atoms with Crippen molar-refractivity contribution in [2.75, 3.05) is 37.6 Å². The molecule has 0 spiro atoms. The van der Waals surface area contributed by atoms with Crippen molar-refractivity contribution in [1.82, 2.24) is 15.2 Å². The number of likely N-dealkylation sites (N-methyl/N-ethyl adjacent to an activating group) is 1. The van der Waals surface area contributed by atoms with Crippen molar-refractivity contribution in [1.29, 1.82) is 0 Å². The van der Waals surface area contributed by atoms with Crippen LogP contribution in [0.15, 0.2) is 54.6 Å². The second-order valence-electron chi connectivity index (χ2n) is 8.63. The number of fused-ring (bicyclic) bond motifs is 1. The lowest BCUT2D eigenvalue weighted by molar-refractivity contribution is -0.121. The summed E-state index contributed by atoms with van der Waals surface area (Å²) in [6, 6.07) is 19.2. The summed E-state index contributed by atoms with van der Waals surface area (Å²) in [6.45, 7) is 11.5. The van der Waals surface area contributed by atoms with Crippen LogP contribution in [0.2, 0.25) is 0 Å². The average molecular weight is 431 g/mol. The van der Waals surface area contributed by atoms with E-state index in [4.69, 9.17) is 4.98 Å². The average Bonchev–Trinajstić information content (AvgIpc) is 2.83. The lowest BCUT2D eigenvalue weighted by Gasteiger charge is -2.35. The van der Waals surface area contributed by atoms with E-state index >= 15 is 0 Å². The molecule has 168 valence electrons. The maximum absolute atomic E-state index is 11.9. The first-order valence-corrected chi connectivity index (χ1v) is 11.9. The van der Waals surface area contributed by atoms with Crippen molar-refractivity contribution in [3.8, 4) is 11.3 Å². The SMILES string of the molecule is CCCC(=O)NC(C)c1ccc(-c2cc3ccccc3c(N3CCN(CC)CC3)n2)cc1. The third kappa shape index (κ3) is 4.94. The van der Waals surface area contributed by atoms with E-state index in [1.165, 1.54) is 10.8 Å². The summed E-state index contributed by atoms with van der Waals surface area (Å²) in [4.78, 5) is 22.0. The zero-order valence-electron chi connectivity index (χ0n) is 19.5. The van der Waals surface area contributed by atoms with E-state index in [9.17, 15) is 4.79 Å². The molecular weight excluding hydrogens is 396 g/mol. The molecule has 1 fully saturated rings. The standard InChI is InChI=1S/C27H34N4O/c1-4-8-26(32)28-20(3)21-11-13-22(14-12-21)25-19-23-9-6-7-10-24(23)27(29-25)31-17-15-30(5-2)16-18-31/h6-7,9-14,19-20H,4-5,8,15-18H2,1-3H3,(H,28,32). The molecule has 0 aliphatic carbocycles. The Kier molecular flexibility index (Phi) is 7.05. The van der Waals surface area contributed by atoms with Crippen molar-refractivity contribution < 1.29 is 4.79 Å². The lowest BCUT2D eigenvalue weighted by atomic mass is 10.0. The second kappa shape index (κ2) is 10.1. The van der Waals surface area contributed by atoms with Crippen molar-refractivity contribution in [2.24, 2.45) is 0 Å². The van der Waals surface area contributed by atoms with E-state index in [1.54, 1.807) is 0 Å². The fourth-order valence-electron chi connectivity index (χ4n) is 4.41. The molecule has 1 aromatic heterocycles. The molecule has 0 radical (unpaired) electrons. The Morgan fingerprint density at radius 2 is 1.75 bits per heavy atom. The molecule has 0 bridgehead atoms. The number of rotatable bonds is 7. The fourth-order valence-corrected chi connectivity index (χ4v) is 4.41. The summed E-state index contributed by atoms with van der Waals surface area (Å²) < 4.78 is 0. The van der Waals surface area contributed by atoms with Gasteiger partial charge in [-0.05, 0) is 36.9 Å². The Morgan fingerprint density at radius 1 is 1.03 bits per heavy atom. The van der Waals surface area contributed by atoms with Gasteiger partial charge < -0.3 is 15.1 Å². The molecule has 2 heterocycles. The lowest BCUT2D eigenvalue weighted by Crippen LogP contribution is -2.46. The van der Waals surface area contributed by atoms with Crippen molar-refractivity contribution in [3.63, 3.8) is 0 Å². The Bertz CT molecular complexity index is 1050. The van der Waals surface area contributed by atoms with Crippen LogP contribution >= 0.6 is 0 Å². The number of carbonyl (C=O) groups excluding carboxylic acids is 1. The molecule has 1 saturated heterocycles. The first-order valence-electron chi connectivity index (χ1n) is 11.9. The molecule has 1 amide bonds. The third-order valence-electron chi connectivity index (χ3n) is 6.40. The minimum absolute atomic E-state index is 0.00177. The van der Waals surface area contributed by atoms with E-state index in [2.05, 4.69) is 76.6 Å². The molecule has 1 atom stereocenters. The highest BCUT2D eigenvalue weighted by Gasteiger charge is 2.20. The van der Waals surface area contributed by atoms with E-state index < -0.39 is 0 Å². The number of amides is 1. The normalized spacial score (nSPS) is 15.7. The van der Waals surface area contributed by atoms with Crippen LogP contribution in [0.5, 0.6) is 0 Å². The zero-order chi connectivity index (χ0) is 22.5. The van der Waals surface area contributed by atoms with Crippen molar-refractivity contribution in [2.45, 2.75) is 39.7 Å². The van der Waals surface area contributed by atoms with Crippen LogP contribution in [-0.2, 0) is 4.79 Å². The smallest absolute Gasteiger partial charge is 0.220 e. The number of nitrogens with zero attached hydrogens (tertiary/aromatic N) is 3. The number of hydrogen-bond acceptors (Lipinski definition) is 4. The van der Waals surface area contributed by atoms with Gasteiger partial charge in [-0.25, -0.2) is 4.98 Å². The van der Waals surface area contributed by atoms with Crippen LogP contribution in [0.4, 0.5) is 5.82 Å². The number of hydrogen-bond donors (Lipinski definition) is 1. The van der Waals surface area contributed by atoms with Crippen LogP contribution in [0.3, 0.4) is 0 Å². The van der Waals surface area contributed by atoms with Crippen molar-refractivity contribution >= 4 is 22.5 Å². The van der Waals surface area contributed by atoms with Crippen LogP contribution < -0.4 is 10.2 Å². The second-order valence-corrected chi connectivity index (χ2v) is 8.63. The summed E-state index contributed by atoms with van der Waals surface area (Å²) in [5.41, 5.74) is 3.20. The molecule has 2 aromatic carbocycles. The van der Waals surface area contributed by atoms with Gasteiger partial charge in [-0.15, -0.1) is 0 Å². The molecule has 4 rings (SSSR count). The third-order valence-corrected chi connectivity index (χ3v) is 6.40. The first-order chi connectivity index (χ1) is 15.6. The Morgan fingerprint density at radius 3 is 2.44 bits per heavy atom. The summed E-state index contributed by atoms with van der Waals surface area (Å²) in [5.74, 6) is 1.19. The molecule has 1 aliphatic rings. The monoisotopic (exact) mass is 430 g/mol. The first kappa shape index (κ1) is 22.3. The highest BCUT2D eigenvalue weighted by molar-refractivity contribution is 5.95. The van der Waals surface area contributed by atoms with Crippen LogP contribution in [0.25, 0.3) is 22.0 Å². The molecule has 5 nitrogen and oxygen atoms in total. The van der Waals surface area contributed by atoms with Crippen LogP contribution in [-0.4, -0.2) is 48.5 Å². The molecule has 0 saturated carbocycles. The Labute approximate surface area is 191 Å². The largest absolute Gasteiger partial charge is 0.354 e. The van der Waals surface area contributed by atoms with Gasteiger partial charge in [0, 0.05) is 43.5 Å². The molecule has 5 heteroatoms. The number of nitrogens with one attached hydrogen (secondary N) is 1. The summed E-state index contributed by atoms with van der Waals surface area (Å²) in [5, 5.41) is 5.51. The van der Waals surface area contributed by atoms with Gasteiger partial charge in [-0.3, -0.25) is 4.79 Å². The van der Waals surface area contributed by atoms with E-state index in [0.29, 0.717) is 6.42 Å². The quantitative estimate of drug-likeness (QED) is 0.572. The maximum atomic E-state index is 11.9. The molecule has 1 N–H and O–H groups in total. The van der Waals surface area contributed by atoms with Gasteiger partial charge in [0.25, 0.3) is 0 Å². The fraction of sp³-hybridized carbons (Fsp3) is 0.407. The topological polar surface area (TPSA) is 48.5 Å². The molecule has 32 heavy (non-hydrogen) atoms. The number of aromatic nitrogens is 1. The van der Waals surface area contributed by atoms with E-state index in [-0.39, 0.29) is 11.9 Å². The van der Waals surface area contributed by atoms with Gasteiger partial charge in [-0.1, -0.05) is 62.4 Å². The summed E-state index contributed by atoms with van der Waals surface area (Å²) >= 11 is 0. The highest BCUT2D eigenvalue weighted by Crippen LogP contribution is 2.31. The van der Waals surface area contributed by atoms with Crippen LogP contribution in [0.1, 0.15) is 45.2 Å². The highest BCUT2D eigenvalue weighted by atomic mass is 16.1. The number of pyridine rings is 1. The van der Waals surface area contributed by atoms with Gasteiger partial charge in [-0.2, -0.15) is 0 Å². The number of anilines is 1. The predicted octanol–water partition coefficient (Wildman–Crippen LogP) is 5.02. The Hall–Kier alpha value is -2.92. The maximum Gasteiger partial charge on any atom is 0.220 e. The minimum atomic E-state index is -0.00177. The minimum Gasteiger partial charge on any atom is -0.354 e. The van der Waals surface area contributed by atoms with Gasteiger partial charge in [0.2, 0.25) is 5.91 Å². The van der Waals surface area contributed by atoms with Crippen LogP contribution in [0, 0.1) is 0 Å². The Balaban J connectivity index is 1.61. The van der Waals surface area contributed by atoms with Gasteiger partial charge in [0.05, 0.1) is 11.7 Å². The summed E-state index contributed by atoms with van der Waals surface area (Å²) in [7, 11) is 0. The van der Waals surface area contributed by atoms with Crippen molar-refractivity contribution in [3.05, 3.63) is 60.2 Å². The summed E-state index contributed by atoms with van der Waals surface area (Å²) in [6.07, 6.45) is 1.43. The van der Waals surface area contributed by atoms with Gasteiger partial charge >= 0.3 is 0 Å². The van der Waals surface area contributed by atoms with E-state index in [1.807, 2.05) is 13.8 Å². The number of piperazine rings is 1. The van der Waals surface area contributed by atoms with E-state index in [0.717, 1.165) is 61.8 Å². The van der Waals surface area contributed by atoms with Gasteiger partial charge in [0.15, 0.2) is 0 Å².